The maximum atomic E-state index is 4.97. The van der Waals surface area contributed by atoms with Crippen LogP contribution in [0.3, 0.4) is 0 Å². The molecule has 330 valence electrons. The Bertz CT molecular complexity index is 2950. The third kappa shape index (κ3) is 8.56. The van der Waals surface area contributed by atoms with Crippen molar-refractivity contribution in [1.29, 1.82) is 0 Å². The van der Waals surface area contributed by atoms with Crippen molar-refractivity contribution in [2.24, 2.45) is 0 Å². The largest absolute Gasteiger partial charge is 0.143 e. The summed E-state index contributed by atoms with van der Waals surface area (Å²) < 4.78 is 0. The minimum absolute atomic E-state index is 0.491. The lowest BCUT2D eigenvalue weighted by molar-refractivity contribution is 0.691. The highest BCUT2D eigenvalue weighted by Gasteiger charge is 2.34. The van der Waals surface area contributed by atoms with Crippen molar-refractivity contribution in [1.82, 2.24) is 0 Å². The summed E-state index contributed by atoms with van der Waals surface area (Å²) in [6, 6.07) is 87.9. The summed E-state index contributed by atoms with van der Waals surface area (Å²) in [5, 5.41) is 0. The lowest BCUT2D eigenvalue weighted by Gasteiger charge is -2.34. The van der Waals surface area contributed by atoms with Crippen LogP contribution in [0.5, 0.6) is 0 Å². The maximum absolute atomic E-state index is 4.97. The predicted molar refractivity (Wildman–Crippen MR) is 297 cm³/mol. The average molecular weight is 929 g/mol. The molecule has 68 heavy (non-hydrogen) atoms. The second kappa shape index (κ2) is 19.1. The lowest BCUT2D eigenvalue weighted by Crippen LogP contribution is -2.26. The van der Waals surface area contributed by atoms with Gasteiger partial charge in [0, 0.05) is 25.5 Å². The third-order valence-corrected chi connectivity index (χ3v) is 15.3. The van der Waals surface area contributed by atoms with E-state index in [9.17, 15) is 0 Å². The average Bonchev–Trinajstić information content (AvgIpc) is 3.40. The highest BCUT2D eigenvalue weighted by Crippen LogP contribution is 2.46. The van der Waals surface area contributed by atoms with Crippen molar-refractivity contribution >= 4 is 37.9 Å². The molecule has 3 heteroatoms. The molecular weight excluding hydrogens is 877 g/mol. The molecule has 0 bridgehead atoms. The first-order valence-electron chi connectivity index (χ1n) is 23.2. The number of hydrogen-bond donors (Lipinski definition) is 3. The molecule has 0 spiro atoms. The van der Waals surface area contributed by atoms with Crippen LogP contribution in [0, 0.1) is 6.92 Å². The molecule has 0 aliphatic rings. The van der Waals surface area contributed by atoms with Crippen LogP contribution in [-0.2, 0) is 10.8 Å². The van der Waals surface area contributed by atoms with Crippen LogP contribution in [0.2, 0.25) is 0 Å². The second-order valence-corrected chi connectivity index (χ2v) is 19.5. The molecule has 1 atom stereocenters. The van der Waals surface area contributed by atoms with E-state index in [1.807, 2.05) is 0 Å². The molecule has 0 aromatic heterocycles. The SMILES string of the molecule is Cc1ccc(C(C)(c2ccc(-c3ccc(C(C)(c4ccc(S)c(-c5ccccc5)c4)c4ccc(S)c(-c5ccccc5)c4)cc3)cc2)c2ccc(S)c(-c3ccccc3)c2)cc1-c1ccccc1. The van der Waals surface area contributed by atoms with Crippen molar-refractivity contribution in [3.8, 4) is 55.6 Å². The second-order valence-electron chi connectivity index (χ2n) is 18.1. The molecule has 0 heterocycles. The summed E-state index contributed by atoms with van der Waals surface area (Å²) in [6.45, 7) is 6.92. The summed E-state index contributed by atoms with van der Waals surface area (Å²) in [5.74, 6) is 0. The predicted octanol–water partition coefficient (Wildman–Crippen LogP) is 17.9. The zero-order chi connectivity index (χ0) is 46.8. The van der Waals surface area contributed by atoms with E-state index < -0.39 is 10.8 Å². The van der Waals surface area contributed by atoms with Gasteiger partial charge in [0.25, 0.3) is 0 Å². The van der Waals surface area contributed by atoms with E-state index in [0.29, 0.717) is 0 Å². The van der Waals surface area contributed by atoms with E-state index in [1.54, 1.807) is 0 Å². The number of hydrogen-bond acceptors (Lipinski definition) is 3. The molecule has 10 aromatic carbocycles. The summed E-state index contributed by atoms with van der Waals surface area (Å²) in [6.07, 6.45) is 0. The van der Waals surface area contributed by atoms with Crippen LogP contribution in [0.1, 0.15) is 52.8 Å². The van der Waals surface area contributed by atoms with Gasteiger partial charge in [-0.3, -0.25) is 0 Å². The Labute approximate surface area is 418 Å². The molecule has 0 fully saturated rings. The van der Waals surface area contributed by atoms with E-state index in [2.05, 4.69) is 263 Å². The fourth-order valence-electron chi connectivity index (χ4n) is 9.94. The van der Waals surface area contributed by atoms with Crippen LogP contribution in [0.4, 0.5) is 0 Å². The van der Waals surface area contributed by atoms with Crippen molar-refractivity contribution in [3.63, 3.8) is 0 Å². The van der Waals surface area contributed by atoms with E-state index in [4.69, 9.17) is 37.9 Å². The molecular formula is C65H52S3. The molecule has 0 N–H and O–H groups in total. The summed E-state index contributed by atoms with van der Waals surface area (Å²) >= 11 is 14.9. The lowest BCUT2D eigenvalue weighted by atomic mass is 9.69. The Morgan fingerprint density at radius 2 is 0.500 bits per heavy atom. The van der Waals surface area contributed by atoms with Gasteiger partial charge in [-0.15, -0.1) is 37.9 Å². The Morgan fingerprint density at radius 3 is 0.809 bits per heavy atom. The van der Waals surface area contributed by atoms with Crippen molar-refractivity contribution < 1.29 is 0 Å². The number of aryl methyl sites for hydroxylation is 1. The van der Waals surface area contributed by atoms with E-state index in [1.165, 1.54) is 50.1 Å². The number of thiol groups is 3. The number of rotatable bonds is 11. The van der Waals surface area contributed by atoms with Crippen molar-refractivity contribution in [2.75, 3.05) is 0 Å². The first kappa shape index (κ1) is 45.1. The summed E-state index contributed by atoms with van der Waals surface area (Å²) in [4.78, 5) is 2.85. The van der Waals surface area contributed by atoms with Gasteiger partial charge in [-0.2, -0.15) is 0 Å². The molecule has 0 amide bonds. The van der Waals surface area contributed by atoms with Crippen LogP contribution in [0.25, 0.3) is 55.6 Å². The van der Waals surface area contributed by atoms with E-state index in [-0.39, 0.29) is 0 Å². The van der Waals surface area contributed by atoms with Gasteiger partial charge < -0.3 is 0 Å². The molecule has 10 rings (SSSR count). The Kier molecular flexibility index (Phi) is 12.7. The minimum atomic E-state index is -0.520. The van der Waals surface area contributed by atoms with Crippen molar-refractivity contribution in [2.45, 2.75) is 46.3 Å². The monoisotopic (exact) mass is 928 g/mol. The van der Waals surface area contributed by atoms with E-state index in [0.717, 1.165) is 59.2 Å². The fourth-order valence-corrected chi connectivity index (χ4v) is 10.7. The first-order valence-corrected chi connectivity index (χ1v) is 24.5. The van der Waals surface area contributed by atoms with Crippen LogP contribution < -0.4 is 0 Å². The molecule has 0 saturated heterocycles. The van der Waals surface area contributed by atoms with Crippen LogP contribution in [-0.4, -0.2) is 0 Å². The van der Waals surface area contributed by atoms with Gasteiger partial charge in [0.2, 0.25) is 0 Å². The Hall–Kier alpha value is -6.75. The zero-order valence-electron chi connectivity index (χ0n) is 38.4. The molecule has 1 unspecified atom stereocenters. The first-order chi connectivity index (χ1) is 33.1. The van der Waals surface area contributed by atoms with Gasteiger partial charge in [-0.05, 0) is 158 Å². The van der Waals surface area contributed by atoms with Gasteiger partial charge >= 0.3 is 0 Å². The summed E-state index contributed by atoms with van der Waals surface area (Å²) in [7, 11) is 0. The highest BCUT2D eigenvalue weighted by molar-refractivity contribution is 7.80. The van der Waals surface area contributed by atoms with E-state index >= 15 is 0 Å². The molecule has 0 saturated carbocycles. The Balaban J connectivity index is 1.07. The normalized spacial score (nSPS) is 12.4. The smallest absolute Gasteiger partial charge is 0.0423 e. The standard InChI is InChI=1S/C65H52S3/c1-44-24-29-53(40-57(44)47-16-8-4-9-17-47)64(2,54-34-37-61(66)58(41-54)48-18-10-5-11-19-48)51-30-25-45(26-31-51)46-27-32-52(33-28-46)65(3,55-35-38-62(67)59(42-55)49-20-12-6-13-21-49)56-36-39-63(68)60(43-56)50-22-14-7-15-23-50/h4-43,66-68H,1-3H3. The third-order valence-electron chi connectivity index (χ3n) is 14.1. The van der Waals surface area contributed by atoms with Gasteiger partial charge in [-0.1, -0.05) is 200 Å². The molecule has 0 radical (unpaired) electrons. The maximum Gasteiger partial charge on any atom is 0.0423 e. The van der Waals surface area contributed by atoms with Gasteiger partial charge in [-0.25, -0.2) is 0 Å². The summed E-state index contributed by atoms with van der Waals surface area (Å²) in [5.41, 5.74) is 19.0. The van der Waals surface area contributed by atoms with Gasteiger partial charge in [0.15, 0.2) is 0 Å². The van der Waals surface area contributed by atoms with Gasteiger partial charge in [0.1, 0.15) is 0 Å². The highest BCUT2D eigenvalue weighted by atomic mass is 32.1. The van der Waals surface area contributed by atoms with Crippen LogP contribution in [0.15, 0.2) is 257 Å². The minimum Gasteiger partial charge on any atom is -0.143 e. The van der Waals surface area contributed by atoms with Crippen molar-refractivity contribution in [3.05, 3.63) is 282 Å². The molecule has 10 aromatic rings. The molecule has 0 aliphatic heterocycles. The van der Waals surface area contributed by atoms with Crippen LogP contribution >= 0.6 is 37.9 Å². The van der Waals surface area contributed by atoms with Gasteiger partial charge in [0.05, 0.1) is 0 Å². The molecule has 0 aliphatic carbocycles. The fraction of sp³-hybridized carbons (Fsp3) is 0.0769. The topological polar surface area (TPSA) is 0 Å². The quantitative estimate of drug-likeness (QED) is 0.0835. The zero-order valence-corrected chi connectivity index (χ0v) is 41.1. The number of benzene rings is 10. The Morgan fingerprint density at radius 1 is 0.250 bits per heavy atom. The molecule has 0 nitrogen and oxygen atoms in total.